The molecule has 83 heavy (non-hydrogen) atoms. The van der Waals surface area contributed by atoms with Crippen molar-refractivity contribution in [3.05, 3.63) is 175 Å². The zero-order valence-corrected chi connectivity index (χ0v) is 52.2. The molecule has 0 bridgehead atoms. The molecule has 0 radical (unpaired) electrons. The van der Waals surface area contributed by atoms with Crippen molar-refractivity contribution in [3.63, 3.8) is 0 Å². The Morgan fingerprint density at radius 1 is 0.639 bits per heavy atom. The summed E-state index contributed by atoms with van der Waals surface area (Å²) in [5, 5.41) is 15.9. The summed E-state index contributed by atoms with van der Waals surface area (Å²) in [5.74, 6) is -2.80. The Morgan fingerprint density at radius 2 is 1.11 bits per heavy atom. The number of aromatic nitrogens is 1. The van der Waals surface area contributed by atoms with E-state index >= 15 is 0 Å². The van der Waals surface area contributed by atoms with E-state index in [0.717, 1.165) is 98.3 Å². The van der Waals surface area contributed by atoms with Crippen LogP contribution in [-0.4, -0.2) is 103 Å². The third-order valence-electron chi connectivity index (χ3n) is 15.2. The maximum Gasteiger partial charge on any atom is 1.00 e. The average Bonchev–Trinajstić information content (AvgIpc) is 3.57. The minimum atomic E-state index is -1.01. The number of methoxy groups -OCH3 is 1. The van der Waals surface area contributed by atoms with Gasteiger partial charge in [-0.25, -0.2) is 0 Å². The van der Waals surface area contributed by atoms with Crippen LogP contribution in [0, 0.1) is 58.3 Å². The number of nitrogens with zero attached hydrogens (tertiary/aromatic N) is 3. The van der Waals surface area contributed by atoms with E-state index in [1.165, 1.54) is 11.7 Å². The molecule has 15 heteroatoms. The molecule has 1 aliphatic rings. The molecule has 442 valence electrons. The molecule has 0 spiro atoms. The molecule has 0 saturated carbocycles. The number of amides is 2. The molecular weight excluding hydrogens is 1040 g/mol. The summed E-state index contributed by atoms with van der Waals surface area (Å²) in [6, 6.07) is 27.5. The summed E-state index contributed by atoms with van der Waals surface area (Å²) >= 11 is 0. The molecule has 0 fully saturated rings. The van der Waals surface area contributed by atoms with Gasteiger partial charge in [-0.15, -0.1) is 0 Å². The Balaban J connectivity index is 0.000000425. The summed E-state index contributed by atoms with van der Waals surface area (Å²) in [4.78, 5) is 82.9. The minimum absolute atomic E-state index is 0. The smallest absolute Gasteiger partial charge is 0.870 e. The number of aryl methyl sites for hydroxylation is 5. The van der Waals surface area contributed by atoms with Crippen molar-refractivity contribution in [2.24, 2.45) is 23.7 Å². The minimum Gasteiger partial charge on any atom is -0.870 e. The van der Waals surface area contributed by atoms with E-state index in [9.17, 15) is 33.9 Å². The van der Waals surface area contributed by atoms with Crippen LogP contribution < -0.4 is 35.1 Å². The first kappa shape index (κ1) is 70.6. The zero-order chi connectivity index (χ0) is 59.8. The first-order valence-corrected chi connectivity index (χ1v) is 28.4. The largest absolute Gasteiger partial charge is 1.00 e. The Morgan fingerprint density at radius 3 is 1.58 bits per heavy atom. The van der Waals surface area contributed by atoms with E-state index in [-0.39, 0.29) is 72.2 Å². The monoisotopic (exact) mass is 1130 g/mol. The van der Waals surface area contributed by atoms with Crippen LogP contribution in [0.2, 0.25) is 0 Å². The number of allylic oxidation sites excluding steroid dienone is 3. The number of esters is 1. The summed E-state index contributed by atoms with van der Waals surface area (Å²) in [6.45, 7) is 22.0. The number of likely N-dealkylation sites (N-methyl/N-ethyl adjacent to an activating group) is 1. The third kappa shape index (κ3) is 20.3. The molecule has 2 amide bonds. The van der Waals surface area contributed by atoms with Crippen LogP contribution in [0.4, 0.5) is 0 Å². The standard InChI is InChI=1S/C35H46N2O4.C33H43N3O4.Li.H2O/c1-22(2)17-30(29-20-26(15-16-37(6)7)25(5)18-32(29)38)35(40)36-31(21-33(39)41-8)27-13-10-14-28(19-27)34-23(3)11-9-12-24(34)4;1-21(2)16-29(36-20-27(14-15-35(6)7)24(5)17-30(36)37)33(40)34-28(19-31(38)39)25-12-9-13-26(18-25)32-22(3)10-8-11-23(32)4;;/h9-14,18-20,22,29-31H,15-17,21H2,1-8H3,(H,36,40);8-13,17-18,20-21,28-29H,14-16,19H2,1-7H3,(H,34,40)(H,38,39);;1H2/q;;+1;/p-1/t29?,30?,31-;28-,29?;;/m00../s1. The van der Waals surface area contributed by atoms with Gasteiger partial charge in [0.2, 0.25) is 11.8 Å². The SMILES string of the molecule is COC(=O)C[C@H](NC(=O)C(CC(C)C)C1C=C(CCN(C)C)C(C)=CC1=O)c1cccc(-c2c(C)cccc2C)c1.Cc1cc(=O)n(C(CC(C)C)C(=O)N[C@@H](CC(=O)O)c2cccc(-c3c(C)cccc3C)c2)cc1CCN(C)C.[Li+].[OH-]. The fourth-order valence-corrected chi connectivity index (χ4v) is 10.9. The van der Waals surface area contributed by atoms with Crippen LogP contribution in [-0.2, 0) is 35.1 Å². The van der Waals surface area contributed by atoms with Crippen LogP contribution in [0.5, 0.6) is 0 Å². The van der Waals surface area contributed by atoms with Crippen molar-refractivity contribution in [1.29, 1.82) is 0 Å². The van der Waals surface area contributed by atoms with E-state index < -0.39 is 41.9 Å². The second-order valence-corrected chi connectivity index (χ2v) is 23.4. The van der Waals surface area contributed by atoms with Gasteiger partial charge in [-0.1, -0.05) is 107 Å². The van der Waals surface area contributed by atoms with Crippen molar-refractivity contribution < 1.29 is 58.2 Å². The Kier molecular flexibility index (Phi) is 28.1. The Labute approximate surface area is 505 Å². The van der Waals surface area contributed by atoms with Crippen LogP contribution in [0.25, 0.3) is 22.3 Å². The van der Waals surface area contributed by atoms with Gasteiger partial charge in [-0.05, 0) is 203 Å². The van der Waals surface area contributed by atoms with E-state index in [4.69, 9.17) is 4.74 Å². The first-order valence-electron chi connectivity index (χ1n) is 28.4. The van der Waals surface area contributed by atoms with E-state index in [2.05, 4.69) is 60.3 Å². The number of hydrogen-bond acceptors (Lipinski definition) is 10. The molecule has 5 aromatic rings. The number of carbonyl (C=O) groups excluding carboxylic acids is 4. The van der Waals surface area contributed by atoms with E-state index in [1.54, 1.807) is 12.1 Å². The molecule has 1 aliphatic carbocycles. The molecular formula is C68H90LiN5O9. The van der Waals surface area contributed by atoms with Crippen molar-refractivity contribution in [2.75, 3.05) is 48.4 Å². The quantitative estimate of drug-likeness (QED) is 0.0395. The van der Waals surface area contributed by atoms with E-state index in [0.29, 0.717) is 18.4 Å². The van der Waals surface area contributed by atoms with Gasteiger partial charge in [-0.3, -0.25) is 28.8 Å². The number of ketones is 1. The van der Waals surface area contributed by atoms with Gasteiger partial charge in [0.05, 0.1) is 43.9 Å². The number of carboxylic acid groups (broad SMARTS) is 1. The molecule has 0 aliphatic heterocycles. The molecule has 5 atom stereocenters. The summed E-state index contributed by atoms with van der Waals surface area (Å²) in [7, 11) is 9.40. The molecule has 14 nitrogen and oxygen atoms in total. The fourth-order valence-electron chi connectivity index (χ4n) is 10.9. The van der Waals surface area contributed by atoms with Gasteiger partial charge in [0, 0.05) is 25.4 Å². The second kappa shape index (κ2) is 33.0. The summed E-state index contributed by atoms with van der Waals surface area (Å²) in [5.41, 5.74) is 14.1. The predicted molar refractivity (Wildman–Crippen MR) is 328 cm³/mol. The number of carboxylic acids is 1. The number of hydrogen-bond donors (Lipinski definition) is 3. The van der Waals surface area contributed by atoms with Gasteiger partial charge < -0.3 is 40.3 Å². The molecule has 1 heterocycles. The van der Waals surface area contributed by atoms with Gasteiger partial charge in [0.15, 0.2) is 5.78 Å². The van der Waals surface area contributed by atoms with Crippen LogP contribution >= 0.6 is 0 Å². The van der Waals surface area contributed by atoms with Gasteiger partial charge in [-0.2, -0.15) is 0 Å². The van der Waals surface area contributed by atoms with Crippen molar-refractivity contribution >= 4 is 29.5 Å². The number of rotatable bonds is 24. The molecule has 3 unspecified atom stereocenters. The number of ether oxygens (including phenoxy) is 1. The molecule has 6 rings (SSSR count). The average molecular weight is 1130 g/mol. The predicted octanol–water partition coefficient (Wildman–Crippen LogP) is 8.67. The fraction of sp³-hybridized carbons (Fsp3) is 0.441. The molecule has 0 saturated heterocycles. The topological polar surface area (TPSA) is 197 Å². The number of pyridine rings is 1. The second-order valence-electron chi connectivity index (χ2n) is 23.4. The maximum absolute atomic E-state index is 14.0. The number of nitrogens with one attached hydrogen (secondary N) is 2. The first-order chi connectivity index (χ1) is 38.3. The third-order valence-corrected chi connectivity index (χ3v) is 15.2. The molecule has 1 aromatic heterocycles. The Hall–Kier alpha value is -6.66. The van der Waals surface area contributed by atoms with Crippen molar-refractivity contribution in [2.45, 2.75) is 126 Å². The van der Waals surface area contributed by atoms with Crippen LogP contribution in [0.1, 0.15) is 129 Å². The van der Waals surface area contributed by atoms with Crippen LogP contribution in [0.15, 0.2) is 125 Å². The van der Waals surface area contributed by atoms with Gasteiger partial charge >= 0.3 is 30.8 Å². The van der Waals surface area contributed by atoms with Crippen LogP contribution in [0.3, 0.4) is 0 Å². The maximum atomic E-state index is 14.0. The number of carbonyl (C=O) groups is 5. The van der Waals surface area contributed by atoms with E-state index in [1.807, 2.05) is 155 Å². The Bertz CT molecular complexity index is 3120. The van der Waals surface area contributed by atoms with Gasteiger partial charge in [0.25, 0.3) is 5.56 Å². The van der Waals surface area contributed by atoms with Gasteiger partial charge in [0.1, 0.15) is 6.04 Å². The number of aliphatic carboxylic acids is 1. The van der Waals surface area contributed by atoms with Crippen molar-refractivity contribution in [1.82, 2.24) is 25.0 Å². The zero-order valence-electron chi connectivity index (χ0n) is 52.2. The molecule has 4 N–H and O–H groups in total. The van der Waals surface area contributed by atoms with Crippen molar-refractivity contribution in [3.8, 4) is 22.3 Å². The summed E-state index contributed by atoms with van der Waals surface area (Å²) < 4.78 is 6.53. The normalized spacial score (nSPS) is 14.5. The molecule has 4 aromatic carbocycles. The number of benzene rings is 4. The summed E-state index contributed by atoms with van der Waals surface area (Å²) in [6.07, 6.45) is 7.79.